The summed E-state index contributed by atoms with van der Waals surface area (Å²) in [5, 5.41) is 11.1. The molecule has 1 saturated carbocycles. The third kappa shape index (κ3) is 2.28. The summed E-state index contributed by atoms with van der Waals surface area (Å²) in [6.07, 6.45) is 6.65. The third-order valence-electron chi connectivity index (χ3n) is 4.86. The van der Waals surface area contributed by atoms with Crippen molar-refractivity contribution in [3.63, 3.8) is 0 Å². The molecule has 2 aromatic rings. The fraction of sp³-hybridized carbons (Fsp3) is 0.600. The first kappa shape index (κ1) is 13.0. The predicted molar refractivity (Wildman–Crippen MR) is 81.3 cm³/mol. The second-order valence-corrected chi connectivity index (χ2v) is 6.03. The number of nitrogens with one attached hydrogen (secondary N) is 1. The lowest BCUT2D eigenvalue weighted by Gasteiger charge is -2.39. The van der Waals surface area contributed by atoms with Crippen molar-refractivity contribution in [3.05, 3.63) is 18.6 Å². The highest BCUT2D eigenvalue weighted by Gasteiger charge is 2.32. The van der Waals surface area contributed by atoms with Crippen molar-refractivity contribution in [2.75, 3.05) is 31.1 Å². The van der Waals surface area contributed by atoms with Crippen LogP contribution >= 0.6 is 0 Å². The molecular formula is C15H21N5O. The van der Waals surface area contributed by atoms with Gasteiger partial charge in [0.1, 0.15) is 17.8 Å². The second-order valence-electron chi connectivity index (χ2n) is 6.03. The summed E-state index contributed by atoms with van der Waals surface area (Å²) in [6, 6.07) is 2.41. The van der Waals surface area contributed by atoms with Gasteiger partial charge >= 0.3 is 0 Å². The van der Waals surface area contributed by atoms with Crippen molar-refractivity contribution in [2.24, 2.45) is 0 Å². The van der Waals surface area contributed by atoms with E-state index in [2.05, 4.69) is 24.8 Å². The molecule has 4 rings (SSSR count). The van der Waals surface area contributed by atoms with Crippen LogP contribution in [0.1, 0.15) is 19.3 Å². The van der Waals surface area contributed by atoms with Crippen LogP contribution in [0.3, 0.4) is 0 Å². The number of rotatable bonds is 2. The molecule has 2 aromatic heterocycles. The Hall–Kier alpha value is -1.66. The van der Waals surface area contributed by atoms with Gasteiger partial charge in [-0.25, -0.2) is 9.97 Å². The maximum atomic E-state index is 10.1. The molecule has 112 valence electrons. The van der Waals surface area contributed by atoms with Crippen molar-refractivity contribution in [2.45, 2.75) is 31.4 Å². The van der Waals surface area contributed by atoms with E-state index in [0.717, 1.165) is 62.3 Å². The number of nitrogens with zero attached hydrogens (tertiary/aromatic N) is 4. The van der Waals surface area contributed by atoms with Crippen LogP contribution in [0.5, 0.6) is 0 Å². The number of aliphatic hydroxyl groups is 1. The van der Waals surface area contributed by atoms with Crippen LogP contribution in [-0.4, -0.2) is 63.3 Å². The molecule has 0 aromatic carbocycles. The number of fused-ring (bicyclic) bond motifs is 1. The van der Waals surface area contributed by atoms with Gasteiger partial charge in [0, 0.05) is 38.4 Å². The molecule has 2 fully saturated rings. The Morgan fingerprint density at radius 2 is 2.00 bits per heavy atom. The molecule has 2 atom stereocenters. The van der Waals surface area contributed by atoms with E-state index in [1.54, 1.807) is 6.33 Å². The van der Waals surface area contributed by atoms with Gasteiger partial charge in [-0.05, 0) is 25.3 Å². The monoisotopic (exact) mass is 287 g/mol. The van der Waals surface area contributed by atoms with Crippen LogP contribution in [0.2, 0.25) is 0 Å². The average Bonchev–Trinajstić information content (AvgIpc) is 3.15. The number of anilines is 1. The van der Waals surface area contributed by atoms with Crippen LogP contribution in [0, 0.1) is 0 Å². The normalized spacial score (nSPS) is 27.6. The van der Waals surface area contributed by atoms with Gasteiger partial charge in [-0.2, -0.15) is 0 Å². The van der Waals surface area contributed by atoms with Crippen molar-refractivity contribution in [3.8, 4) is 0 Å². The highest BCUT2D eigenvalue weighted by atomic mass is 16.3. The minimum Gasteiger partial charge on any atom is -0.391 e. The van der Waals surface area contributed by atoms with E-state index in [1.807, 2.05) is 12.3 Å². The Morgan fingerprint density at radius 3 is 2.76 bits per heavy atom. The zero-order valence-electron chi connectivity index (χ0n) is 12.1. The molecule has 21 heavy (non-hydrogen) atoms. The van der Waals surface area contributed by atoms with Crippen LogP contribution in [0.15, 0.2) is 18.6 Å². The zero-order chi connectivity index (χ0) is 14.2. The van der Waals surface area contributed by atoms with Gasteiger partial charge in [-0.1, -0.05) is 0 Å². The average molecular weight is 287 g/mol. The van der Waals surface area contributed by atoms with Gasteiger partial charge in [0.15, 0.2) is 0 Å². The van der Waals surface area contributed by atoms with Gasteiger partial charge < -0.3 is 15.0 Å². The van der Waals surface area contributed by atoms with Crippen LogP contribution in [-0.2, 0) is 0 Å². The minimum absolute atomic E-state index is 0.132. The Balaban J connectivity index is 1.49. The smallest absolute Gasteiger partial charge is 0.142 e. The number of H-pyrrole nitrogens is 1. The largest absolute Gasteiger partial charge is 0.391 e. The van der Waals surface area contributed by atoms with E-state index in [9.17, 15) is 5.11 Å². The summed E-state index contributed by atoms with van der Waals surface area (Å²) in [6.45, 7) is 3.91. The standard InChI is InChI=1S/C15H21N5O/c21-13-3-1-2-12(13)19-6-8-20(9-7-19)15-11-4-5-16-14(11)17-10-18-15/h4-5,10,12-13,21H,1-3,6-9H2,(H,16,17,18). The molecule has 1 saturated heterocycles. The van der Waals surface area contributed by atoms with E-state index in [-0.39, 0.29) is 6.10 Å². The summed E-state index contributed by atoms with van der Waals surface area (Å²) < 4.78 is 0. The summed E-state index contributed by atoms with van der Waals surface area (Å²) >= 11 is 0. The van der Waals surface area contributed by atoms with Gasteiger partial charge in [0.25, 0.3) is 0 Å². The predicted octanol–water partition coefficient (Wildman–Crippen LogP) is 0.993. The first-order chi connectivity index (χ1) is 10.3. The molecule has 1 aliphatic carbocycles. The summed E-state index contributed by atoms with van der Waals surface area (Å²) in [5.41, 5.74) is 0.897. The van der Waals surface area contributed by atoms with Crippen molar-refractivity contribution < 1.29 is 5.11 Å². The highest BCUT2D eigenvalue weighted by Crippen LogP contribution is 2.27. The Bertz CT molecular complexity index is 619. The SMILES string of the molecule is OC1CCCC1N1CCN(c2ncnc3[nH]ccc23)CC1. The van der Waals surface area contributed by atoms with E-state index in [0.29, 0.717) is 6.04 Å². The second kappa shape index (κ2) is 5.27. The Morgan fingerprint density at radius 1 is 1.14 bits per heavy atom. The number of hydrogen-bond acceptors (Lipinski definition) is 5. The quantitative estimate of drug-likeness (QED) is 0.862. The molecule has 6 heteroatoms. The molecule has 2 unspecified atom stereocenters. The van der Waals surface area contributed by atoms with Gasteiger partial charge in [-0.3, -0.25) is 4.90 Å². The summed E-state index contributed by atoms with van der Waals surface area (Å²) in [7, 11) is 0. The van der Waals surface area contributed by atoms with E-state index in [1.165, 1.54) is 0 Å². The molecule has 2 N–H and O–H groups in total. The molecule has 0 spiro atoms. The van der Waals surface area contributed by atoms with E-state index < -0.39 is 0 Å². The molecule has 0 bridgehead atoms. The minimum atomic E-state index is -0.132. The van der Waals surface area contributed by atoms with E-state index >= 15 is 0 Å². The number of aromatic nitrogens is 3. The van der Waals surface area contributed by atoms with Crippen LogP contribution in [0.25, 0.3) is 11.0 Å². The fourth-order valence-corrected chi connectivity index (χ4v) is 3.72. The van der Waals surface area contributed by atoms with Gasteiger partial charge in [0.2, 0.25) is 0 Å². The summed E-state index contributed by atoms with van der Waals surface area (Å²) in [5.74, 6) is 1.02. The van der Waals surface area contributed by atoms with Crippen LogP contribution in [0.4, 0.5) is 5.82 Å². The molecule has 0 amide bonds. The molecule has 1 aliphatic heterocycles. The number of hydrogen-bond donors (Lipinski definition) is 2. The fourth-order valence-electron chi connectivity index (χ4n) is 3.72. The molecule has 3 heterocycles. The Kier molecular flexibility index (Phi) is 3.27. The van der Waals surface area contributed by atoms with Crippen molar-refractivity contribution in [1.29, 1.82) is 0 Å². The van der Waals surface area contributed by atoms with Gasteiger partial charge in [0.05, 0.1) is 11.5 Å². The van der Waals surface area contributed by atoms with E-state index in [4.69, 9.17) is 0 Å². The number of piperazine rings is 1. The molecule has 0 radical (unpaired) electrons. The number of aliphatic hydroxyl groups excluding tert-OH is 1. The molecular weight excluding hydrogens is 266 g/mol. The molecule has 6 nitrogen and oxygen atoms in total. The first-order valence-corrected chi connectivity index (χ1v) is 7.78. The van der Waals surface area contributed by atoms with Crippen molar-refractivity contribution >= 4 is 16.9 Å². The zero-order valence-corrected chi connectivity index (χ0v) is 12.1. The number of aromatic amines is 1. The maximum Gasteiger partial charge on any atom is 0.142 e. The van der Waals surface area contributed by atoms with Crippen LogP contribution < -0.4 is 4.90 Å². The summed E-state index contributed by atoms with van der Waals surface area (Å²) in [4.78, 5) is 16.6. The maximum absolute atomic E-state index is 10.1. The third-order valence-corrected chi connectivity index (χ3v) is 4.86. The first-order valence-electron chi connectivity index (χ1n) is 7.78. The topological polar surface area (TPSA) is 68.3 Å². The highest BCUT2D eigenvalue weighted by molar-refractivity contribution is 5.87. The molecule has 2 aliphatic rings. The van der Waals surface area contributed by atoms with Crippen molar-refractivity contribution in [1.82, 2.24) is 19.9 Å². The lowest BCUT2D eigenvalue weighted by molar-refractivity contribution is 0.0671. The Labute approximate surface area is 123 Å². The van der Waals surface area contributed by atoms with Gasteiger partial charge in [-0.15, -0.1) is 0 Å². The lowest BCUT2D eigenvalue weighted by atomic mass is 10.1. The lowest BCUT2D eigenvalue weighted by Crippen LogP contribution is -2.52.